The molecule has 0 amide bonds. The van der Waals surface area contributed by atoms with Crippen molar-refractivity contribution < 1.29 is 0 Å². The molecule has 2 nitrogen and oxygen atoms in total. The fraction of sp³-hybridized carbons (Fsp3) is 0.520. The smallest absolute Gasteiger partial charge is 0.0348 e. The number of likely N-dealkylation sites (N-methyl/N-ethyl adjacent to an activating group) is 1. The van der Waals surface area contributed by atoms with Gasteiger partial charge in [-0.1, -0.05) is 57.2 Å². The highest BCUT2D eigenvalue weighted by Gasteiger charge is 2.19. The number of thiophene rings is 1. The summed E-state index contributed by atoms with van der Waals surface area (Å²) in [5.41, 5.74) is 2.94. The number of allylic oxidation sites excluding steroid dienone is 3. The van der Waals surface area contributed by atoms with Crippen LogP contribution in [0.2, 0.25) is 0 Å². The van der Waals surface area contributed by atoms with Gasteiger partial charge in [0.15, 0.2) is 0 Å². The van der Waals surface area contributed by atoms with Crippen molar-refractivity contribution in [3.05, 3.63) is 58.6 Å². The van der Waals surface area contributed by atoms with E-state index in [1.54, 1.807) is 10.4 Å². The molecule has 1 N–H and O–H groups in total. The van der Waals surface area contributed by atoms with Gasteiger partial charge in [0.1, 0.15) is 0 Å². The average Bonchev–Trinajstić information content (AvgIpc) is 3.05. The van der Waals surface area contributed by atoms with Crippen LogP contribution in [-0.4, -0.2) is 31.6 Å². The lowest BCUT2D eigenvalue weighted by Crippen LogP contribution is -2.22. The number of benzene rings is 1. The van der Waals surface area contributed by atoms with Crippen LogP contribution in [0.1, 0.15) is 63.3 Å². The second-order valence-corrected chi connectivity index (χ2v) is 8.82. The summed E-state index contributed by atoms with van der Waals surface area (Å²) in [5, 5.41) is 5.07. The van der Waals surface area contributed by atoms with E-state index in [4.69, 9.17) is 0 Å². The van der Waals surface area contributed by atoms with Gasteiger partial charge >= 0.3 is 0 Å². The number of rotatable bonds is 12. The first-order chi connectivity index (χ1) is 13.6. The summed E-state index contributed by atoms with van der Waals surface area (Å²) in [6.45, 7) is 12.2. The van der Waals surface area contributed by atoms with Gasteiger partial charge in [0.25, 0.3) is 0 Å². The van der Waals surface area contributed by atoms with Crippen molar-refractivity contribution in [2.75, 3.05) is 26.7 Å². The number of nitrogens with zero attached hydrogens (tertiary/aromatic N) is 1. The lowest BCUT2D eigenvalue weighted by atomic mass is 9.92. The van der Waals surface area contributed by atoms with Gasteiger partial charge in [-0.3, -0.25) is 0 Å². The van der Waals surface area contributed by atoms with Gasteiger partial charge in [-0.25, -0.2) is 0 Å². The van der Waals surface area contributed by atoms with Crippen LogP contribution >= 0.6 is 11.3 Å². The van der Waals surface area contributed by atoms with Gasteiger partial charge in [0, 0.05) is 28.4 Å². The zero-order valence-corrected chi connectivity index (χ0v) is 19.2. The second-order valence-electron chi connectivity index (χ2n) is 7.68. The van der Waals surface area contributed by atoms with Crippen molar-refractivity contribution in [1.82, 2.24) is 10.2 Å². The van der Waals surface area contributed by atoms with Gasteiger partial charge in [-0.2, -0.15) is 0 Å². The van der Waals surface area contributed by atoms with E-state index >= 15 is 0 Å². The van der Waals surface area contributed by atoms with Crippen LogP contribution in [0.15, 0.2) is 48.2 Å². The Morgan fingerprint density at radius 1 is 1.21 bits per heavy atom. The molecule has 0 fully saturated rings. The Kier molecular flexibility index (Phi) is 9.80. The molecule has 1 aromatic heterocycles. The summed E-state index contributed by atoms with van der Waals surface area (Å²) in [7, 11) is 2.24. The zero-order valence-electron chi connectivity index (χ0n) is 18.4. The summed E-state index contributed by atoms with van der Waals surface area (Å²) >= 11 is 2.00. The molecule has 0 spiro atoms. The standard InChI is InChI=1S/C25H38N2S/c1-6-9-16-26-21(12-7-2)19-20(4)25-22-13-10-11-14-23(22)28-24(25)15-18-27(5)17-8-3/h6,9-14,20,26H,7-8,15-19H2,1-5H3/b9-6-,21-12-. The van der Waals surface area contributed by atoms with Crippen LogP contribution in [0.5, 0.6) is 0 Å². The quantitative estimate of drug-likeness (QED) is 0.398. The van der Waals surface area contributed by atoms with Gasteiger partial charge < -0.3 is 10.2 Å². The zero-order chi connectivity index (χ0) is 20.4. The average molecular weight is 399 g/mol. The first-order valence-corrected chi connectivity index (χ1v) is 11.6. The Labute approximate surface area is 176 Å². The van der Waals surface area contributed by atoms with Gasteiger partial charge in [-0.05, 0) is 69.1 Å². The van der Waals surface area contributed by atoms with Crippen LogP contribution in [0.25, 0.3) is 10.1 Å². The van der Waals surface area contributed by atoms with Crippen LogP contribution in [-0.2, 0) is 6.42 Å². The highest BCUT2D eigenvalue weighted by atomic mass is 32.1. The summed E-state index contributed by atoms with van der Waals surface area (Å²) < 4.78 is 1.43. The van der Waals surface area contributed by atoms with E-state index in [2.05, 4.69) is 87.5 Å². The van der Waals surface area contributed by atoms with E-state index in [1.807, 2.05) is 11.3 Å². The molecule has 0 aliphatic rings. The molecule has 1 aromatic carbocycles. The summed E-state index contributed by atoms with van der Waals surface area (Å²) in [6.07, 6.45) is 11.2. The Hall–Kier alpha value is -1.58. The molecule has 0 aliphatic carbocycles. The number of hydrogen-bond donors (Lipinski definition) is 1. The lowest BCUT2D eigenvalue weighted by molar-refractivity contribution is 0.339. The molecule has 2 rings (SSSR count). The summed E-state index contributed by atoms with van der Waals surface area (Å²) in [4.78, 5) is 4.03. The predicted octanol–water partition coefficient (Wildman–Crippen LogP) is 6.74. The molecule has 28 heavy (non-hydrogen) atoms. The van der Waals surface area contributed by atoms with Crippen LogP contribution in [0, 0.1) is 0 Å². The highest BCUT2D eigenvalue weighted by molar-refractivity contribution is 7.19. The Morgan fingerprint density at radius 2 is 2.00 bits per heavy atom. The molecule has 154 valence electrons. The first kappa shape index (κ1) is 22.7. The minimum Gasteiger partial charge on any atom is -0.385 e. The minimum absolute atomic E-state index is 0.513. The van der Waals surface area contributed by atoms with Gasteiger partial charge in [0.05, 0.1) is 0 Å². The molecule has 1 unspecified atom stereocenters. The van der Waals surface area contributed by atoms with E-state index in [-0.39, 0.29) is 0 Å². The number of nitrogens with one attached hydrogen (secondary N) is 1. The Morgan fingerprint density at radius 3 is 2.71 bits per heavy atom. The Balaban J connectivity index is 2.24. The van der Waals surface area contributed by atoms with E-state index in [1.165, 1.54) is 28.7 Å². The molecule has 0 saturated heterocycles. The van der Waals surface area contributed by atoms with Crippen molar-refractivity contribution in [3.8, 4) is 0 Å². The van der Waals surface area contributed by atoms with Crippen LogP contribution < -0.4 is 5.32 Å². The SMILES string of the molecule is C/C=C\CN/C(=C\CC)CC(C)c1c(CCN(C)CCC)sc2ccccc12. The molecule has 0 aliphatic heterocycles. The monoisotopic (exact) mass is 398 g/mol. The molecule has 0 bridgehead atoms. The Bertz CT molecular complexity index is 772. The van der Waals surface area contributed by atoms with Crippen molar-refractivity contribution in [2.24, 2.45) is 0 Å². The maximum atomic E-state index is 3.62. The van der Waals surface area contributed by atoms with E-state index in [0.29, 0.717) is 5.92 Å². The lowest BCUT2D eigenvalue weighted by Gasteiger charge is -2.19. The van der Waals surface area contributed by atoms with E-state index in [9.17, 15) is 0 Å². The largest absolute Gasteiger partial charge is 0.385 e. The fourth-order valence-corrected chi connectivity index (χ4v) is 5.16. The van der Waals surface area contributed by atoms with Crippen molar-refractivity contribution in [2.45, 2.75) is 59.3 Å². The third kappa shape index (κ3) is 6.49. The van der Waals surface area contributed by atoms with Crippen LogP contribution in [0.4, 0.5) is 0 Å². The minimum atomic E-state index is 0.513. The van der Waals surface area contributed by atoms with E-state index in [0.717, 1.165) is 32.4 Å². The third-order valence-corrected chi connectivity index (χ3v) is 6.44. The summed E-state index contributed by atoms with van der Waals surface area (Å²) in [5.74, 6) is 0.513. The first-order valence-electron chi connectivity index (χ1n) is 10.8. The second kappa shape index (κ2) is 12.1. The van der Waals surface area contributed by atoms with Crippen molar-refractivity contribution in [3.63, 3.8) is 0 Å². The highest BCUT2D eigenvalue weighted by Crippen LogP contribution is 2.38. The summed E-state index contributed by atoms with van der Waals surface area (Å²) in [6, 6.07) is 8.95. The maximum absolute atomic E-state index is 3.62. The van der Waals surface area contributed by atoms with Crippen molar-refractivity contribution in [1.29, 1.82) is 0 Å². The number of hydrogen-bond acceptors (Lipinski definition) is 3. The van der Waals surface area contributed by atoms with E-state index < -0.39 is 0 Å². The maximum Gasteiger partial charge on any atom is 0.0348 e. The van der Waals surface area contributed by atoms with Crippen LogP contribution in [0.3, 0.4) is 0 Å². The molecule has 3 heteroatoms. The van der Waals surface area contributed by atoms with Gasteiger partial charge in [0.2, 0.25) is 0 Å². The predicted molar refractivity (Wildman–Crippen MR) is 128 cm³/mol. The normalized spacial score (nSPS) is 13.7. The topological polar surface area (TPSA) is 15.3 Å². The molecular weight excluding hydrogens is 360 g/mol. The fourth-order valence-electron chi connectivity index (χ4n) is 3.84. The molecule has 0 saturated carbocycles. The molecule has 0 radical (unpaired) electrons. The molecule has 2 aromatic rings. The number of fused-ring (bicyclic) bond motifs is 1. The van der Waals surface area contributed by atoms with Crippen molar-refractivity contribution >= 4 is 21.4 Å². The third-order valence-electron chi connectivity index (χ3n) is 5.19. The molecule has 1 heterocycles. The van der Waals surface area contributed by atoms with Gasteiger partial charge in [-0.15, -0.1) is 11.3 Å². The molecule has 1 atom stereocenters. The molecular formula is C25H38N2S.